The van der Waals surface area contributed by atoms with Gasteiger partial charge in [-0.25, -0.2) is 0 Å². The van der Waals surface area contributed by atoms with Gasteiger partial charge in [-0.1, -0.05) is 41.4 Å². The van der Waals surface area contributed by atoms with Crippen molar-refractivity contribution >= 4 is 35.1 Å². The van der Waals surface area contributed by atoms with E-state index >= 15 is 0 Å². The highest BCUT2D eigenvalue weighted by atomic mass is 35.5. The molecule has 0 N–H and O–H groups in total. The Labute approximate surface area is 187 Å². The van der Waals surface area contributed by atoms with Gasteiger partial charge in [-0.15, -0.1) is 0 Å². The summed E-state index contributed by atoms with van der Waals surface area (Å²) in [4.78, 5) is 4.50. The molecule has 0 aliphatic heterocycles. The molecule has 6 heteroatoms. The van der Waals surface area contributed by atoms with Gasteiger partial charge in [-0.3, -0.25) is 4.99 Å². The van der Waals surface area contributed by atoms with E-state index in [2.05, 4.69) is 4.99 Å². The van der Waals surface area contributed by atoms with E-state index in [9.17, 15) is 0 Å². The monoisotopic (exact) mass is 443 g/mol. The molecule has 156 valence electrons. The predicted molar refractivity (Wildman–Crippen MR) is 123 cm³/mol. The Bertz CT molecular complexity index is 1000. The number of nitrogens with zero attached hydrogens (tertiary/aromatic N) is 1. The summed E-state index contributed by atoms with van der Waals surface area (Å²) in [5, 5.41) is 1.09. The molecule has 30 heavy (non-hydrogen) atoms. The molecule has 3 aromatic carbocycles. The lowest BCUT2D eigenvalue weighted by Crippen LogP contribution is -2.01. The Balaban J connectivity index is 1.79. The maximum Gasteiger partial charge on any atom is 0.180 e. The molecule has 0 heterocycles. The summed E-state index contributed by atoms with van der Waals surface area (Å²) in [6.07, 6.45) is 1.74. The van der Waals surface area contributed by atoms with Crippen LogP contribution in [-0.2, 0) is 6.61 Å². The van der Waals surface area contributed by atoms with Gasteiger partial charge in [0, 0.05) is 16.8 Å². The van der Waals surface area contributed by atoms with Gasteiger partial charge >= 0.3 is 0 Å². The van der Waals surface area contributed by atoms with Gasteiger partial charge in [0.15, 0.2) is 11.5 Å². The van der Waals surface area contributed by atoms with E-state index in [1.54, 1.807) is 12.3 Å². The van der Waals surface area contributed by atoms with Gasteiger partial charge in [0.2, 0.25) is 0 Å². The van der Waals surface area contributed by atoms with Crippen LogP contribution >= 0.6 is 23.2 Å². The number of hydrogen-bond donors (Lipinski definition) is 0. The Kier molecular flexibility index (Phi) is 8.00. The minimum absolute atomic E-state index is 0.291. The second-order valence-electron chi connectivity index (χ2n) is 6.33. The third-order valence-electron chi connectivity index (χ3n) is 4.17. The minimum atomic E-state index is 0.291. The number of ether oxygens (including phenoxy) is 3. The van der Waals surface area contributed by atoms with E-state index in [4.69, 9.17) is 37.4 Å². The van der Waals surface area contributed by atoms with E-state index in [0.29, 0.717) is 41.4 Å². The first kappa shape index (κ1) is 22.0. The van der Waals surface area contributed by atoms with Crippen molar-refractivity contribution in [1.82, 2.24) is 0 Å². The third-order valence-corrected chi connectivity index (χ3v) is 4.82. The number of halogens is 2. The molecular weight excluding hydrogens is 421 g/mol. The maximum absolute atomic E-state index is 6.50. The Morgan fingerprint density at radius 1 is 0.833 bits per heavy atom. The average Bonchev–Trinajstić information content (AvgIpc) is 2.74. The predicted octanol–water partition coefficient (Wildman–Crippen LogP) is 7.12. The zero-order valence-electron chi connectivity index (χ0n) is 16.9. The molecule has 3 aromatic rings. The molecule has 0 saturated carbocycles. The minimum Gasteiger partial charge on any atom is -0.494 e. The molecule has 0 aromatic heterocycles. The van der Waals surface area contributed by atoms with Crippen LogP contribution in [0.5, 0.6) is 17.2 Å². The van der Waals surface area contributed by atoms with E-state index in [1.165, 1.54) is 0 Å². The van der Waals surface area contributed by atoms with Crippen molar-refractivity contribution in [2.45, 2.75) is 20.5 Å². The highest BCUT2D eigenvalue weighted by molar-refractivity contribution is 6.32. The number of rotatable bonds is 9. The highest BCUT2D eigenvalue weighted by Crippen LogP contribution is 2.37. The zero-order valence-corrected chi connectivity index (χ0v) is 18.4. The average molecular weight is 444 g/mol. The Morgan fingerprint density at radius 3 is 2.27 bits per heavy atom. The quantitative estimate of drug-likeness (QED) is 0.330. The first-order chi connectivity index (χ1) is 14.6. The van der Waals surface area contributed by atoms with E-state index in [1.807, 2.05) is 68.4 Å². The Hall–Kier alpha value is -2.69. The second kappa shape index (κ2) is 10.9. The molecule has 0 fully saturated rings. The number of benzene rings is 3. The van der Waals surface area contributed by atoms with Gasteiger partial charge in [-0.05, 0) is 61.9 Å². The summed E-state index contributed by atoms with van der Waals surface area (Å²) < 4.78 is 17.1. The third kappa shape index (κ3) is 5.91. The molecule has 0 amide bonds. The van der Waals surface area contributed by atoms with Crippen molar-refractivity contribution in [1.29, 1.82) is 0 Å². The van der Waals surface area contributed by atoms with E-state index in [0.717, 1.165) is 22.6 Å². The largest absolute Gasteiger partial charge is 0.494 e. The molecule has 0 aliphatic rings. The molecule has 0 aliphatic carbocycles. The van der Waals surface area contributed by atoms with E-state index in [-0.39, 0.29) is 0 Å². The lowest BCUT2D eigenvalue weighted by Gasteiger charge is -2.15. The molecule has 3 rings (SSSR count). The topological polar surface area (TPSA) is 40.0 Å². The van der Waals surface area contributed by atoms with E-state index < -0.39 is 0 Å². The molecule has 0 saturated heterocycles. The molecule has 0 spiro atoms. The maximum atomic E-state index is 6.50. The lowest BCUT2D eigenvalue weighted by atomic mass is 10.2. The Morgan fingerprint density at radius 2 is 1.57 bits per heavy atom. The lowest BCUT2D eigenvalue weighted by molar-refractivity contribution is 0.269. The van der Waals surface area contributed by atoms with Crippen molar-refractivity contribution in [3.05, 3.63) is 81.8 Å². The first-order valence-corrected chi connectivity index (χ1v) is 10.5. The van der Waals surface area contributed by atoms with Crippen LogP contribution in [0.25, 0.3) is 0 Å². The molecular formula is C24H23Cl2NO3. The summed E-state index contributed by atoms with van der Waals surface area (Å²) in [7, 11) is 0. The molecule has 0 unspecified atom stereocenters. The van der Waals surface area contributed by atoms with Crippen LogP contribution in [0.2, 0.25) is 10.0 Å². The molecule has 0 radical (unpaired) electrons. The SMILES string of the molecule is CCOc1ccc(N=Cc2cc(Cl)c(OCc3ccccc3Cl)c(OCC)c2)cc1. The summed E-state index contributed by atoms with van der Waals surface area (Å²) in [6.45, 7) is 5.27. The van der Waals surface area contributed by atoms with Crippen molar-refractivity contribution in [3.63, 3.8) is 0 Å². The van der Waals surface area contributed by atoms with Crippen LogP contribution in [0.3, 0.4) is 0 Å². The molecule has 0 atom stereocenters. The normalized spacial score (nSPS) is 10.9. The van der Waals surface area contributed by atoms with Gasteiger partial charge in [0.1, 0.15) is 12.4 Å². The standard InChI is InChI=1S/C24H23Cl2NO3/c1-3-28-20-11-9-19(10-12-20)27-15-17-13-22(26)24(23(14-17)29-4-2)30-16-18-7-5-6-8-21(18)25/h5-15H,3-4,16H2,1-2H3. The van der Waals surface area contributed by atoms with Crippen LogP contribution in [0, 0.1) is 0 Å². The summed E-state index contributed by atoms with van der Waals surface area (Å²) in [5.74, 6) is 1.86. The summed E-state index contributed by atoms with van der Waals surface area (Å²) in [5.41, 5.74) is 2.49. The van der Waals surface area contributed by atoms with Gasteiger partial charge in [-0.2, -0.15) is 0 Å². The second-order valence-corrected chi connectivity index (χ2v) is 7.14. The summed E-state index contributed by atoms with van der Waals surface area (Å²) in [6, 6.07) is 18.8. The van der Waals surface area contributed by atoms with Crippen LogP contribution in [-0.4, -0.2) is 19.4 Å². The molecule has 4 nitrogen and oxygen atoms in total. The summed E-state index contributed by atoms with van der Waals surface area (Å²) >= 11 is 12.7. The highest BCUT2D eigenvalue weighted by Gasteiger charge is 2.13. The van der Waals surface area contributed by atoms with Gasteiger partial charge < -0.3 is 14.2 Å². The van der Waals surface area contributed by atoms with Crippen LogP contribution in [0.1, 0.15) is 25.0 Å². The molecule has 0 bridgehead atoms. The van der Waals surface area contributed by atoms with Crippen molar-refractivity contribution < 1.29 is 14.2 Å². The van der Waals surface area contributed by atoms with Crippen LogP contribution < -0.4 is 14.2 Å². The number of hydrogen-bond acceptors (Lipinski definition) is 4. The van der Waals surface area contributed by atoms with Crippen molar-refractivity contribution in [3.8, 4) is 17.2 Å². The van der Waals surface area contributed by atoms with Gasteiger partial charge in [0.25, 0.3) is 0 Å². The fraction of sp³-hybridized carbons (Fsp3) is 0.208. The van der Waals surface area contributed by atoms with Crippen LogP contribution in [0.4, 0.5) is 5.69 Å². The van der Waals surface area contributed by atoms with Crippen LogP contribution in [0.15, 0.2) is 65.7 Å². The fourth-order valence-electron chi connectivity index (χ4n) is 2.78. The number of aliphatic imine (C=N–C) groups is 1. The fourth-order valence-corrected chi connectivity index (χ4v) is 3.24. The smallest absolute Gasteiger partial charge is 0.180 e. The van der Waals surface area contributed by atoms with Crippen molar-refractivity contribution in [2.75, 3.05) is 13.2 Å². The zero-order chi connectivity index (χ0) is 21.3. The van der Waals surface area contributed by atoms with Gasteiger partial charge in [0.05, 0.1) is 23.9 Å². The first-order valence-electron chi connectivity index (χ1n) is 9.70. The van der Waals surface area contributed by atoms with Crippen molar-refractivity contribution in [2.24, 2.45) is 4.99 Å².